The lowest BCUT2D eigenvalue weighted by molar-refractivity contribution is -0.128. The monoisotopic (exact) mass is 537 g/mol. The zero-order valence-electron chi connectivity index (χ0n) is 23.8. The summed E-state index contributed by atoms with van der Waals surface area (Å²) in [6, 6.07) is 18.9. The minimum absolute atomic E-state index is 0.101. The summed E-state index contributed by atoms with van der Waals surface area (Å²) in [7, 11) is 0. The number of benzene rings is 2. The highest BCUT2D eigenvalue weighted by Crippen LogP contribution is 2.43. The maximum absolute atomic E-state index is 13.8. The number of amides is 2. The lowest BCUT2D eigenvalue weighted by atomic mass is 9.74. The van der Waals surface area contributed by atoms with E-state index in [2.05, 4.69) is 47.4 Å². The van der Waals surface area contributed by atoms with Gasteiger partial charge in [-0.1, -0.05) is 66.3 Å². The standard InChI is InChI=1S/C35H43N3O2/c39-33-26-30(27-37(33)23-17-28-10-3-1-4-11-28)34(40)38(31-13-5-2-6-14-31)22-9-21-36-24-19-35(20-25-36)18-16-29-12-7-8-15-32(29)35/h2,5-8,10,12-16,18,30H,1,3-4,9,11,17,19-27H2. The molecule has 2 aromatic rings. The van der Waals surface area contributed by atoms with Crippen molar-refractivity contribution in [1.82, 2.24) is 9.80 Å². The van der Waals surface area contributed by atoms with Gasteiger partial charge >= 0.3 is 0 Å². The highest BCUT2D eigenvalue weighted by molar-refractivity contribution is 5.99. The van der Waals surface area contributed by atoms with Crippen LogP contribution in [0.25, 0.3) is 6.08 Å². The largest absolute Gasteiger partial charge is 0.342 e. The van der Waals surface area contributed by atoms with Crippen LogP contribution >= 0.6 is 0 Å². The number of fused-ring (bicyclic) bond motifs is 2. The molecule has 1 unspecified atom stereocenters. The summed E-state index contributed by atoms with van der Waals surface area (Å²) in [4.78, 5) is 33.1. The number of carbonyl (C=O) groups excluding carboxylic acids is 2. The van der Waals surface area contributed by atoms with Crippen LogP contribution in [0.1, 0.15) is 68.9 Å². The number of nitrogens with zero attached hydrogens (tertiary/aromatic N) is 3. The smallest absolute Gasteiger partial charge is 0.232 e. The van der Waals surface area contributed by atoms with Crippen LogP contribution in [0.5, 0.6) is 0 Å². The Bertz CT molecular complexity index is 1260. The normalized spacial score (nSPS) is 22.0. The number of hydrogen-bond acceptors (Lipinski definition) is 3. The first-order valence-electron chi connectivity index (χ1n) is 15.4. The summed E-state index contributed by atoms with van der Waals surface area (Å²) in [5.41, 5.74) is 5.50. The number of allylic oxidation sites excluding steroid dienone is 2. The fourth-order valence-electron chi connectivity index (χ4n) is 7.26. The molecule has 5 heteroatoms. The van der Waals surface area contributed by atoms with Crippen molar-refractivity contribution in [3.8, 4) is 0 Å². The summed E-state index contributed by atoms with van der Waals surface area (Å²) in [5.74, 6) is -0.0195. The minimum atomic E-state index is -0.253. The van der Waals surface area contributed by atoms with Crippen molar-refractivity contribution >= 4 is 23.6 Å². The molecule has 2 fully saturated rings. The maximum atomic E-state index is 13.8. The van der Waals surface area contributed by atoms with Crippen molar-refractivity contribution in [2.75, 3.05) is 44.2 Å². The molecule has 5 nitrogen and oxygen atoms in total. The second-order valence-corrected chi connectivity index (χ2v) is 12.2. The number of anilines is 1. The average Bonchev–Trinajstić information content (AvgIpc) is 3.56. The van der Waals surface area contributed by atoms with E-state index in [4.69, 9.17) is 0 Å². The number of carbonyl (C=O) groups is 2. The molecule has 2 aliphatic carbocycles. The van der Waals surface area contributed by atoms with E-state index >= 15 is 0 Å². The van der Waals surface area contributed by atoms with Crippen molar-refractivity contribution in [2.45, 2.75) is 63.2 Å². The van der Waals surface area contributed by atoms with Crippen LogP contribution in [0, 0.1) is 5.92 Å². The molecule has 4 aliphatic rings. The van der Waals surface area contributed by atoms with Crippen LogP contribution in [-0.4, -0.2) is 60.9 Å². The topological polar surface area (TPSA) is 43.9 Å². The van der Waals surface area contributed by atoms with E-state index in [9.17, 15) is 9.59 Å². The Hall–Kier alpha value is -3.18. The van der Waals surface area contributed by atoms with Gasteiger partial charge in [0.1, 0.15) is 0 Å². The molecule has 6 rings (SSSR count). The van der Waals surface area contributed by atoms with Gasteiger partial charge in [0.15, 0.2) is 0 Å². The first-order valence-corrected chi connectivity index (χ1v) is 15.4. The SMILES string of the molecule is O=C1CC(C(=O)N(CCCN2CCC3(C=Cc4ccccc43)CC2)c2ccccc2)CN1CCC1=CCCCC1. The van der Waals surface area contributed by atoms with Gasteiger partial charge in [0, 0.05) is 37.2 Å². The molecule has 2 aromatic carbocycles. The summed E-state index contributed by atoms with van der Waals surface area (Å²) in [6.07, 6.45) is 16.5. The first-order chi connectivity index (χ1) is 19.6. The van der Waals surface area contributed by atoms with Gasteiger partial charge < -0.3 is 14.7 Å². The molecule has 1 atom stereocenters. The third kappa shape index (κ3) is 5.81. The lowest BCUT2D eigenvalue weighted by Gasteiger charge is -2.39. The fourth-order valence-corrected chi connectivity index (χ4v) is 7.26. The summed E-state index contributed by atoms with van der Waals surface area (Å²) < 4.78 is 0. The molecule has 40 heavy (non-hydrogen) atoms. The number of likely N-dealkylation sites (tertiary alicyclic amines) is 2. The summed E-state index contributed by atoms with van der Waals surface area (Å²) >= 11 is 0. The van der Waals surface area contributed by atoms with Crippen LogP contribution in [-0.2, 0) is 15.0 Å². The van der Waals surface area contributed by atoms with Gasteiger partial charge in [-0.15, -0.1) is 0 Å². The van der Waals surface area contributed by atoms with E-state index in [1.54, 1.807) is 0 Å². The van der Waals surface area contributed by atoms with Gasteiger partial charge in [0.2, 0.25) is 11.8 Å². The van der Waals surface area contributed by atoms with Crippen molar-refractivity contribution < 1.29 is 9.59 Å². The van der Waals surface area contributed by atoms with Crippen LogP contribution in [0.15, 0.2) is 72.3 Å². The Kier molecular flexibility index (Phi) is 8.20. The van der Waals surface area contributed by atoms with E-state index in [-0.39, 0.29) is 23.1 Å². The molecule has 2 aliphatic heterocycles. The van der Waals surface area contributed by atoms with Crippen LogP contribution in [0.3, 0.4) is 0 Å². The predicted molar refractivity (Wildman–Crippen MR) is 162 cm³/mol. The second kappa shape index (κ2) is 12.1. The molecule has 1 spiro atoms. The van der Waals surface area contributed by atoms with Crippen LogP contribution < -0.4 is 4.90 Å². The Morgan fingerprint density at radius 3 is 2.58 bits per heavy atom. The van der Waals surface area contributed by atoms with Gasteiger partial charge in [0.25, 0.3) is 0 Å². The van der Waals surface area contributed by atoms with Gasteiger partial charge in [-0.05, 0) is 94.3 Å². The molecule has 210 valence electrons. The Morgan fingerprint density at radius 1 is 0.975 bits per heavy atom. The third-order valence-corrected chi connectivity index (χ3v) is 9.67. The highest BCUT2D eigenvalue weighted by atomic mass is 16.2. The molecule has 0 bridgehead atoms. The molecule has 2 amide bonds. The predicted octanol–water partition coefficient (Wildman–Crippen LogP) is 6.21. The van der Waals surface area contributed by atoms with Crippen LogP contribution in [0.4, 0.5) is 5.69 Å². The number of para-hydroxylation sites is 1. The zero-order valence-corrected chi connectivity index (χ0v) is 23.8. The van der Waals surface area contributed by atoms with Gasteiger partial charge in [-0.25, -0.2) is 0 Å². The van der Waals surface area contributed by atoms with E-state index < -0.39 is 0 Å². The van der Waals surface area contributed by atoms with Gasteiger partial charge in [0.05, 0.1) is 5.92 Å². The molecule has 0 aromatic heterocycles. The molecule has 0 radical (unpaired) electrons. The quantitative estimate of drug-likeness (QED) is 0.357. The molecule has 2 saturated heterocycles. The Balaban J connectivity index is 1.03. The maximum Gasteiger partial charge on any atom is 0.232 e. The zero-order chi connectivity index (χ0) is 27.4. The fraction of sp³-hybridized carbons (Fsp3) is 0.486. The summed E-state index contributed by atoms with van der Waals surface area (Å²) in [6.45, 7) is 5.14. The molecular weight excluding hydrogens is 494 g/mol. The van der Waals surface area contributed by atoms with Gasteiger partial charge in [-0.2, -0.15) is 0 Å². The van der Waals surface area contributed by atoms with Crippen LogP contribution in [0.2, 0.25) is 0 Å². The van der Waals surface area contributed by atoms with E-state index in [0.717, 1.165) is 64.0 Å². The third-order valence-electron chi connectivity index (χ3n) is 9.67. The van der Waals surface area contributed by atoms with Crippen molar-refractivity contribution in [3.05, 3.63) is 83.4 Å². The van der Waals surface area contributed by atoms with E-state index in [1.807, 2.05) is 40.1 Å². The molecular formula is C35H43N3O2. The highest BCUT2D eigenvalue weighted by Gasteiger charge is 2.38. The van der Waals surface area contributed by atoms with E-state index in [1.165, 1.54) is 36.0 Å². The average molecular weight is 538 g/mol. The lowest BCUT2D eigenvalue weighted by Crippen LogP contribution is -2.43. The number of piperidine rings is 1. The van der Waals surface area contributed by atoms with Crippen molar-refractivity contribution in [2.24, 2.45) is 5.92 Å². The second-order valence-electron chi connectivity index (χ2n) is 12.2. The van der Waals surface area contributed by atoms with Gasteiger partial charge in [-0.3, -0.25) is 9.59 Å². The number of rotatable bonds is 9. The van der Waals surface area contributed by atoms with Crippen molar-refractivity contribution in [1.29, 1.82) is 0 Å². The molecule has 2 heterocycles. The molecule has 0 N–H and O–H groups in total. The van der Waals surface area contributed by atoms with E-state index in [0.29, 0.717) is 19.5 Å². The first kappa shape index (κ1) is 27.0. The van der Waals surface area contributed by atoms with Crippen molar-refractivity contribution in [3.63, 3.8) is 0 Å². The Labute approximate surface area is 239 Å². The summed E-state index contributed by atoms with van der Waals surface area (Å²) in [5, 5.41) is 0. The Morgan fingerprint density at radius 2 is 1.77 bits per heavy atom. The molecule has 0 saturated carbocycles. The minimum Gasteiger partial charge on any atom is -0.342 e. The number of hydrogen-bond donors (Lipinski definition) is 0.